The van der Waals surface area contributed by atoms with Gasteiger partial charge in [0.1, 0.15) is 11.4 Å². The van der Waals surface area contributed by atoms with Gasteiger partial charge in [-0.1, -0.05) is 42.5 Å². The summed E-state index contributed by atoms with van der Waals surface area (Å²) in [6, 6.07) is 10.2. The third-order valence-corrected chi connectivity index (χ3v) is 2.94. The SMILES string of the molecule is CC1(C(=N)N)C=CC=C(Cc2ccccc2)N1.Cl. The molecule has 1 aliphatic heterocycles. The summed E-state index contributed by atoms with van der Waals surface area (Å²) in [6.07, 6.45) is 6.71. The molecule has 1 unspecified atom stereocenters. The largest absolute Gasteiger partial charge is 0.385 e. The van der Waals surface area contributed by atoms with Crippen molar-refractivity contribution < 1.29 is 0 Å². The van der Waals surface area contributed by atoms with E-state index >= 15 is 0 Å². The van der Waals surface area contributed by atoms with Crippen LogP contribution < -0.4 is 11.1 Å². The molecule has 96 valence electrons. The molecule has 18 heavy (non-hydrogen) atoms. The Morgan fingerprint density at radius 2 is 2.00 bits per heavy atom. The normalized spacial score (nSPS) is 21.5. The first-order valence-corrected chi connectivity index (χ1v) is 5.65. The van der Waals surface area contributed by atoms with Crippen molar-refractivity contribution in [3.8, 4) is 0 Å². The van der Waals surface area contributed by atoms with Gasteiger partial charge in [0.05, 0.1) is 0 Å². The number of rotatable bonds is 3. The van der Waals surface area contributed by atoms with Crippen LogP contribution in [-0.4, -0.2) is 11.4 Å². The van der Waals surface area contributed by atoms with Gasteiger partial charge in [-0.25, -0.2) is 0 Å². The third-order valence-electron chi connectivity index (χ3n) is 2.94. The highest BCUT2D eigenvalue weighted by Crippen LogP contribution is 2.16. The molecule has 0 aliphatic carbocycles. The van der Waals surface area contributed by atoms with Crippen LogP contribution in [0.2, 0.25) is 0 Å². The molecule has 0 saturated carbocycles. The number of hydrogen-bond acceptors (Lipinski definition) is 2. The average Bonchev–Trinajstić information content (AvgIpc) is 2.30. The average molecular weight is 264 g/mol. The van der Waals surface area contributed by atoms with Gasteiger partial charge in [0.25, 0.3) is 0 Å². The van der Waals surface area contributed by atoms with Crippen LogP contribution in [0.3, 0.4) is 0 Å². The van der Waals surface area contributed by atoms with E-state index < -0.39 is 5.54 Å². The molecular weight excluding hydrogens is 246 g/mol. The number of nitrogens with two attached hydrogens (primary N) is 1. The zero-order chi connectivity index (χ0) is 12.3. The standard InChI is InChI=1S/C14H17N3.ClH/c1-14(13(15)16)9-5-8-12(17-14)10-11-6-3-2-4-7-11;/h2-9,17H,10H2,1H3,(H3,15,16);1H. The molecule has 0 aromatic heterocycles. The second-order valence-corrected chi connectivity index (χ2v) is 4.45. The first-order valence-electron chi connectivity index (χ1n) is 5.65. The molecule has 1 atom stereocenters. The van der Waals surface area contributed by atoms with Gasteiger partial charge in [-0.15, -0.1) is 12.4 Å². The molecule has 0 saturated heterocycles. The second kappa shape index (κ2) is 5.74. The predicted molar refractivity (Wildman–Crippen MR) is 78.1 cm³/mol. The fraction of sp³-hybridized carbons (Fsp3) is 0.214. The highest BCUT2D eigenvalue weighted by atomic mass is 35.5. The Labute approximate surface area is 114 Å². The van der Waals surface area contributed by atoms with Crippen molar-refractivity contribution in [2.45, 2.75) is 18.9 Å². The van der Waals surface area contributed by atoms with Crippen LogP contribution in [-0.2, 0) is 6.42 Å². The number of dihydropyridines is 1. The molecule has 1 aromatic rings. The van der Waals surface area contributed by atoms with Gasteiger partial charge in [0, 0.05) is 12.1 Å². The summed E-state index contributed by atoms with van der Waals surface area (Å²) in [5, 5.41) is 10.9. The molecule has 0 spiro atoms. The molecule has 4 N–H and O–H groups in total. The number of halogens is 1. The maximum Gasteiger partial charge on any atom is 0.121 e. The van der Waals surface area contributed by atoms with Crippen molar-refractivity contribution in [1.82, 2.24) is 5.32 Å². The molecule has 3 nitrogen and oxygen atoms in total. The number of amidine groups is 1. The van der Waals surface area contributed by atoms with Crippen molar-refractivity contribution in [2.75, 3.05) is 0 Å². The van der Waals surface area contributed by atoms with Crippen LogP contribution in [0.5, 0.6) is 0 Å². The summed E-state index contributed by atoms with van der Waals surface area (Å²) in [4.78, 5) is 0. The zero-order valence-electron chi connectivity index (χ0n) is 10.3. The lowest BCUT2D eigenvalue weighted by molar-refractivity contribution is 0.599. The second-order valence-electron chi connectivity index (χ2n) is 4.45. The van der Waals surface area contributed by atoms with Gasteiger partial charge >= 0.3 is 0 Å². The quantitative estimate of drug-likeness (QED) is 0.579. The van der Waals surface area contributed by atoms with Crippen molar-refractivity contribution in [2.24, 2.45) is 5.73 Å². The van der Waals surface area contributed by atoms with Crippen LogP contribution in [0, 0.1) is 5.41 Å². The van der Waals surface area contributed by atoms with E-state index in [9.17, 15) is 0 Å². The lowest BCUT2D eigenvalue weighted by Crippen LogP contribution is -2.51. The summed E-state index contributed by atoms with van der Waals surface area (Å²) >= 11 is 0. The van der Waals surface area contributed by atoms with Crippen molar-refractivity contribution in [3.05, 3.63) is 59.8 Å². The van der Waals surface area contributed by atoms with Crippen LogP contribution in [0.4, 0.5) is 0 Å². The summed E-state index contributed by atoms with van der Waals surface area (Å²) < 4.78 is 0. The molecule has 1 heterocycles. The lowest BCUT2D eigenvalue weighted by atomic mass is 9.95. The molecule has 4 heteroatoms. The number of benzene rings is 1. The van der Waals surface area contributed by atoms with Crippen LogP contribution >= 0.6 is 12.4 Å². The molecule has 0 fully saturated rings. The van der Waals surface area contributed by atoms with Crippen molar-refractivity contribution in [3.63, 3.8) is 0 Å². The Bertz CT molecular complexity index is 479. The molecule has 1 aromatic carbocycles. The van der Waals surface area contributed by atoms with E-state index in [1.807, 2.05) is 43.4 Å². The maximum absolute atomic E-state index is 7.59. The Hall–Kier alpha value is -1.74. The summed E-state index contributed by atoms with van der Waals surface area (Å²) in [5.74, 6) is 0.132. The first-order chi connectivity index (χ1) is 8.10. The van der Waals surface area contributed by atoms with Gasteiger partial charge in [-0.2, -0.15) is 0 Å². The van der Waals surface area contributed by atoms with Crippen molar-refractivity contribution >= 4 is 18.2 Å². The maximum atomic E-state index is 7.59. The predicted octanol–water partition coefficient (Wildman–Crippen LogP) is 2.39. The first kappa shape index (κ1) is 14.3. The fourth-order valence-corrected chi connectivity index (χ4v) is 1.85. The highest BCUT2D eigenvalue weighted by molar-refractivity contribution is 5.89. The van der Waals surface area contributed by atoms with Crippen molar-refractivity contribution in [1.29, 1.82) is 5.41 Å². The summed E-state index contributed by atoms with van der Waals surface area (Å²) in [5.41, 5.74) is 7.37. The smallest absolute Gasteiger partial charge is 0.121 e. The Kier molecular flexibility index (Phi) is 4.56. The zero-order valence-corrected chi connectivity index (χ0v) is 11.1. The van der Waals surface area contributed by atoms with Gasteiger partial charge in [0.2, 0.25) is 0 Å². The minimum Gasteiger partial charge on any atom is -0.385 e. The molecule has 0 bridgehead atoms. The van der Waals surface area contributed by atoms with Gasteiger partial charge in [-0.3, -0.25) is 5.41 Å². The summed E-state index contributed by atoms with van der Waals surface area (Å²) in [7, 11) is 0. The van der Waals surface area contributed by atoms with E-state index in [2.05, 4.69) is 17.4 Å². The topological polar surface area (TPSA) is 61.9 Å². The number of nitrogens with one attached hydrogen (secondary N) is 2. The minimum atomic E-state index is -0.557. The highest BCUT2D eigenvalue weighted by Gasteiger charge is 2.26. The number of hydrogen-bond donors (Lipinski definition) is 3. The van der Waals surface area contributed by atoms with Crippen LogP contribution in [0.25, 0.3) is 0 Å². The fourth-order valence-electron chi connectivity index (χ4n) is 1.85. The van der Waals surface area contributed by atoms with E-state index in [-0.39, 0.29) is 18.2 Å². The van der Waals surface area contributed by atoms with Gasteiger partial charge < -0.3 is 11.1 Å². The molecule has 1 aliphatic rings. The van der Waals surface area contributed by atoms with E-state index in [1.165, 1.54) is 5.56 Å². The monoisotopic (exact) mass is 263 g/mol. The Morgan fingerprint density at radius 3 is 2.61 bits per heavy atom. The van der Waals surface area contributed by atoms with E-state index in [0.717, 1.165) is 12.1 Å². The minimum absolute atomic E-state index is 0. The molecular formula is C14H18ClN3. The molecule has 0 amide bonds. The van der Waals surface area contributed by atoms with Gasteiger partial charge in [0.15, 0.2) is 0 Å². The third kappa shape index (κ3) is 3.14. The lowest BCUT2D eigenvalue weighted by Gasteiger charge is -2.31. The van der Waals surface area contributed by atoms with Crippen LogP contribution in [0.1, 0.15) is 12.5 Å². The van der Waals surface area contributed by atoms with E-state index in [1.54, 1.807) is 0 Å². The Balaban J connectivity index is 0.00000162. The van der Waals surface area contributed by atoms with Gasteiger partial charge in [-0.05, 0) is 18.6 Å². The van der Waals surface area contributed by atoms with E-state index in [0.29, 0.717) is 0 Å². The summed E-state index contributed by atoms with van der Waals surface area (Å²) in [6.45, 7) is 1.91. The number of allylic oxidation sites excluding steroid dienone is 3. The Morgan fingerprint density at radius 1 is 1.33 bits per heavy atom. The van der Waals surface area contributed by atoms with E-state index in [4.69, 9.17) is 11.1 Å². The molecule has 2 rings (SSSR count). The van der Waals surface area contributed by atoms with Crippen LogP contribution in [0.15, 0.2) is 54.3 Å². The molecule has 0 radical (unpaired) electrons.